The summed E-state index contributed by atoms with van der Waals surface area (Å²) in [4.78, 5) is 8.38. The van der Waals surface area contributed by atoms with Crippen LogP contribution in [-0.2, 0) is 0 Å². The van der Waals surface area contributed by atoms with Crippen molar-refractivity contribution in [1.82, 2.24) is 9.97 Å². The number of rotatable bonds is 3. The summed E-state index contributed by atoms with van der Waals surface area (Å²) < 4.78 is 5.60. The van der Waals surface area contributed by atoms with Gasteiger partial charge in [-0.2, -0.15) is 0 Å². The van der Waals surface area contributed by atoms with Crippen molar-refractivity contribution in [3.05, 3.63) is 47.3 Å². The van der Waals surface area contributed by atoms with Crippen LogP contribution in [0.4, 0.5) is 0 Å². The van der Waals surface area contributed by atoms with E-state index in [1.165, 1.54) is 6.21 Å². The summed E-state index contributed by atoms with van der Waals surface area (Å²) in [6.45, 7) is 3.76. The molecule has 0 spiro atoms. The highest BCUT2D eigenvalue weighted by Crippen LogP contribution is 2.21. The number of hydrogen-bond donors (Lipinski definition) is 1. The number of nitrogens with zero attached hydrogens (tertiary/aromatic N) is 3. The third kappa shape index (κ3) is 2.82. The van der Waals surface area contributed by atoms with Crippen LogP contribution < -0.4 is 4.74 Å². The van der Waals surface area contributed by atoms with Crippen molar-refractivity contribution < 1.29 is 9.94 Å². The van der Waals surface area contributed by atoms with Crippen molar-refractivity contribution in [1.29, 1.82) is 0 Å². The molecule has 1 N–H and O–H groups in total. The molecule has 0 fully saturated rings. The van der Waals surface area contributed by atoms with Crippen LogP contribution in [0.15, 0.2) is 35.5 Å². The first kappa shape index (κ1) is 12.0. The van der Waals surface area contributed by atoms with Gasteiger partial charge in [0.2, 0.25) is 0 Å². The summed E-state index contributed by atoms with van der Waals surface area (Å²) in [5.41, 5.74) is 2.33. The fraction of sp³-hybridized carbons (Fsp3) is 0.154. The lowest BCUT2D eigenvalue weighted by atomic mass is 10.2. The third-order valence-corrected chi connectivity index (χ3v) is 2.28. The van der Waals surface area contributed by atoms with Crippen molar-refractivity contribution in [3.63, 3.8) is 0 Å². The van der Waals surface area contributed by atoms with Crippen LogP contribution in [0.25, 0.3) is 0 Å². The molecule has 0 radical (unpaired) electrons. The van der Waals surface area contributed by atoms with Gasteiger partial charge in [-0.3, -0.25) is 0 Å². The van der Waals surface area contributed by atoms with Gasteiger partial charge in [-0.05, 0) is 32.0 Å². The molecule has 0 unspecified atom stereocenters. The summed E-state index contributed by atoms with van der Waals surface area (Å²) in [7, 11) is 0. The van der Waals surface area contributed by atoms with Crippen molar-refractivity contribution in [2.75, 3.05) is 0 Å². The Kier molecular flexibility index (Phi) is 3.52. The standard InChI is InChI=1S/C13H13N3O2/c1-9-7-10(2)16-13(15-9)18-12-6-4-3-5-11(12)8-14-17/h3-8,17H,1-2H3. The summed E-state index contributed by atoms with van der Waals surface area (Å²) in [6.07, 6.45) is 1.30. The molecule has 0 aliphatic rings. The average Bonchev–Trinajstić information content (AvgIpc) is 2.30. The second kappa shape index (κ2) is 5.27. The van der Waals surface area contributed by atoms with Crippen LogP contribution in [0.5, 0.6) is 11.8 Å². The van der Waals surface area contributed by atoms with Gasteiger partial charge in [0, 0.05) is 17.0 Å². The molecule has 5 heteroatoms. The molecule has 92 valence electrons. The maximum absolute atomic E-state index is 8.58. The number of ether oxygens (including phenoxy) is 1. The van der Waals surface area contributed by atoms with Gasteiger partial charge in [-0.15, -0.1) is 0 Å². The molecule has 1 aromatic heterocycles. The minimum absolute atomic E-state index is 0.284. The molecule has 0 saturated heterocycles. The van der Waals surface area contributed by atoms with Crippen LogP contribution >= 0.6 is 0 Å². The van der Waals surface area contributed by atoms with Gasteiger partial charge in [-0.1, -0.05) is 17.3 Å². The minimum atomic E-state index is 0.284. The molecule has 1 aromatic carbocycles. The van der Waals surface area contributed by atoms with Gasteiger partial charge in [0.05, 0.1) is 6.21 Å². The van der Waals surface area contributed by atoms with Crippen LogP contribution in [0.3, 0.4) is 0 Å². The van der Waals surface area contributed by atoms with Crippen molar-refractivity contribution in [2.24, 2.45) is 5.16 Å². The normalized spacial score (nSPS) is 10.8. The molecular weight excluding hydrogens is 230 g/mol. The highest BCUT2D eigenvalue weighted by Gasteiger charge is 2.06. The van der Waals surface area contributed by atoms with Crippen molar-refractivity contribution >= 4 is 6.21 Å². The zero-order valence-corrected chi connectivity index (χ0v) is 10.2. The van der Waals surface area contributed by atoms with E-state index in [9.17, 15) is 0 Å². The highest BCUT2D eigenvalue weighted by atomic mass is 16.5. The summed E-state index contributed by atoms with van der Waals surface area (Å²) >= 11 is 0. The van der Waals surface area contributed by atoms with Crippen molar-refractivity contribution in [2.45, 2.75) is 13.8 Å². The van der Waals surface area contributed by atoms with Gasteiger partial charge < -0.3 is 9.94 Å². The van der Waals surface area contributed by atoms with E-state index in [4.69, 9.17) is 9.94 Å². The second-order valence-corrected chi connectivity index (χ2v) is 3.82. The zero-order valence-electron chi connectivity index (χ0n) is 10.2. The van der Waals surface area contributed by atoms with E-state index < -0.39 is 0 Å². The summed E-state index contributed by atoms with van der Waals surface area (Å²) in [6, 6.07) is 9.34. The maximum Gasteiger partial charge on any atom is 0.322 e. The van der Waals surface area contributed by atoms with Crippen LogP contribution in [0.1, 0.15) is 17.0 Å². The Labute approximate surface area is 105 Å². The van der Waals surface area contributed by atoms with Gasteiger partial charge in [-0.25, -0.2) is 9.97 Å². The Bertz CT molecular complexity index is 562. The SMILES string of the molecule is Cc1cc(C)nc(Oc2ccccc2C=NO)n1. The number of aromatic nitrogens is 2. The maximum atomic E-state index is 8.58. The highest BCUT2D eigenvalue weighted by molar-refractivity contribution is 5.83. The zero-order chi connectivity index (χ0) is 13.0. The quantitative estimate of drug-likeness (QED) is 0.511. The van der Waals surface area contributed by atoms with E-state index in [1.807, 2.05) is 32.0 Å². The average molecular weight is 243 g/mol. The van der Waals surface area contributed by atoms with E-state index in [0.717, 1.165) is 11.4 Å². The monoisotopic (exact) mass is 243 g/mol. The Hall–Kier alpha value is -2.43. The number of aryl methyl sites for hydroxylation is 2. The van der Waals surface area contributed by atoms with Crippen LogP contribution in [0.2, 0.25) is 0 Å². The van der Waals surface area contributed by atoms with Gasteiger partial charge in [0.15, 0.2) is 0 Å². The van der Waals surface area contributed by atoms with Crippen molar-refractivity contribution in [3.8, 4) is 11.8 Å². The van der Waals surface area contributed by atoms with E-state index in [-0.39, 0.29) is 6.01 Å². The molecule has 0 bridgehead atoms. The number of para-hydroxylation sites is 1. The second-order valence-electron chi connectivity index (χ2n) is 3.82. The lowest BCUT2D eigenvalue weighted by Gasteiger charge is -2.07. The smallest absolute Gasteiger partial charge is 0.322 e. The first-order valence-electron chi connectivity index (χ1n) is 5.45. The molecule has 1 heterocycles. The molecule has 18 heavy (non-hydrogen) atoms. The molecule has 0 aliphatic carbocycles. The fourth-order valence-corrected chi connectivity index (χ4v) is 1.58. The molecule has 2 rings (SSSR count). The molecular formula is C13H13N3O2. The summed E-state index contributed by atoms with van der Waals surface area (Å²) in [5.74, 6) is 0.542. The number of hydrogen-bond acceptors (Lipinski definition) is 5. The largest absolute Gasteiger partial charge is 0.424 e. The topological polar surface area (TPSA) is 67.6 Å². The summed E-state index contributed by atoms with van der Waals surface area (Å²) in [5, 5.41) is 11.6. The first-order chi connectivity index (χ1) is 8.69. The predicted molar refractivity (Wildman–Crippen MR) is 67.4 cm³/mol. The number of oxime groups is 1. The molecule has 0 atom stereocenters. The lowest BCUT2D eigenvalue weighted by molar-refractivity contribution is 0.321. The Morgan fingerprint density at radius 2 is 1.83 bits per heavy atom. The Balaban J connectivity index is 2.33. The molecule has 0 saturated carbocycles. The van der Waals surface area contributed by atoms with Crippen LogP contribution in [-0.4, -0.2) is 21.4 Å². The molecule has 2 aromatic rings. The van der Waals surface area contributed by atoms with Gasteiger partial charge in [0.25, 0.3) is 0 Å². The van der Waals surface area contributed by atoms with E-state index in [1.54, 1.807) is 12.1 Å². The van der Waals surface area contributed by atoms with E-state index in [0.29, 0.717) is 11.3 Å². The van der Waals surface area contributed by atoms with E-state index >= 15 is 0 Å². The molecule has 0 amide bonds. The fourth-order valence-electron chi connectivity index (χ4n) is 1.58. The first-order valence-corrected chi connectivity index (χ1v) is 5.45. The molecule has 0 aliphatic heterocycles. The van der Waals surface area contributed by atoms with Gasteiger partial charge >= 0.3 is 6.01 Å². The minimum Gasteiger partial charge on any atom is -0.424 e. The van der Waals surface area contributed by atoms with Gasteiger partial charge in [0.1, 0.15) is 5.75 Å². The van der Waals surface area contributed by atoms with Crippen LogP contribution in [0, 0.1) is 13.8 Å². The lowest BCUT2D eigenvalue weighted by Crippen LogP contribution is -1.97. The molecule has 5 nitrogen and oxygen atoms in total. The Morgan fingerprint density at radius 3 is 2.50 bits per heavy atom. The third-order valence-electron chi connectivity index (χ3n) is 2.28. The predicted octanol–water partition coefficient (Wildman–Crippen LogP) is 2.69. The Morgan fingerprint density at radius 1 is 1.17 bits per heavy atom. The van der Waals surface area contributed by atoms with E-state index in [2.05, 4.69) is 15.1 Å². The number of benzene rings is 1.